The lowest BCUT2D eigenvalue weighted by atomic mass is 9.60. The van der Waals surface area contributed by atoms with Crippen molar-refractivity contribution in [2.45, 2.75) is 63.5 Å². The zero-order chi connectivity index (χ0) is 20.0. The third kappa shape index (κ3) is 4.45. The fraction of sp³-hybridized carbons (Fsp3) is 0.480. The van der Waals surface area contributed by atoms with Gasteiger partial charge in [-0.25, -0.2) is 4.39 Å². The van der Waals surface area contributed by atoms with Crippen molar-refractivity contribution in [1.82, 2.24) is 4.90 Å². The predicted molar refractivity (Wildman–Crippen MR) is 112 cm³/mol. The molecule has 28 heavy (non-hydrogen) atoms. The molecule has 3 rings (SSSR count). The van der Waals surface area contributed by atoms with E-state index >= 15 is 0 Å². The van der Waals surface area contributed by atoms with E-state index in [9.17, 15) is 9.65 Å². The van der Waals surface area contributed by atoms with Gasteiger partial charge in [0, 0.05) is 12.6 Å². The Kier molecular flexibility index (Phi) is 6.86. The molecular weight excluding hydrogens is 347 g/mol. The fourth-order valence-electron chi connectivity index (χ4n) is 4.58. The summed E-state index contributed by atoms with van der Waals surface area (Å²) in [7, 11) is 2.18. The first-order chi connectivity index (χ1) is 13.6. The highest BCUT2D eigenvalue weighted by atomic mass is 19.1. The highest BCUT2D eigenvalue weighted by Crippen LogP contribution is 2.47. The third-order valence-electron chi connectivity index (χ3n) is 6.60. The Labute approximate surface area is 169 Å². The summed E-state index contributed by atoms with van der Waals surface area (Å²) < 4.78 is 13.5. The van der Waals surface area contributed by atoms with Gasteiger partial charge >= 0.3 is 0 Å². The van der Waals surface area contributed by atoms with E-state index in [1.54, 1.807) is 0 Å². The molecule has 0 aliphatic heterocycles. The molecule has 1 aliphatic carbocycles. The molecule has 3 heteroatoms. The Balaban J connectivity index is 1.74. The molecule has 2 aromatic carbocycles. The monoisotopic (exact) mass is 378 g/mol. The molecule has 1 aliphatic rings. The number of nitrogens with zero attached hydrogens (tertiary/aromatic N) is 2. The summed E-state index contributed by atoms with van der Waals surface area (Å²) in [5.74, 6) is 0.151. The number of benzene rings is 2. The van der Waals surface area contributed by atoms with Crippen LogP contribution in [0.5, 0.6) is 0 Å². The van der Waals surface area contributed by atoms with Gasteiger partial charge in [0.05, 0.1) is 11.5 Å². The number of hydrogen-bond donors (Lipinski definition) is 0. The van der Waals surface area contributed by atoms with E-state index in [1.807, 2.05) is 18.2 Å². The standard InChI is InChI=1S/C25H31FN2/c1-3-24(28(2)18-20-8-5-4-6-9-20)16-17-25(19-27,21-10-7-11-21)22-12-14-23(26)15-13-22/h4-6,8-9,12-15,21,24H,3,7,10-11,16-18H2,1-2H3. The van der Waals surface area contributed by atoms with Gasteiger partial charge in [0.25, 0.3) is 0 Å². The zero-order valence-corrected chi connectivity index (χ0v) is 17.1. The predicted octanol–water partition coefficient (Wildman–Crippen LogP) is 6.08. The van der Waals surface area contributed by atoms with Gasteiger partial charge in [-0.2, -0.15) is 5.26 Å². The van der Waals surface area contributed by atoms with Crippen LogP contribution in [0.4, 0.5) is 4.39 Å². The third-order valence-corrected chi connectivity index (χ3v) is 6.60. The van der Waals surface area contributed by atoms with Crippen LogP contribution in [0.3, 0.4) is 0 Å². The molecule has 0 spiro atoms. The SMILES string of the molecule is CCC(CCC(C#N)(c1ccc(F)cc1)C1CCC1)N(C)Cc1ccccc1. The van der Waals surface area contributed by atoms with Crippen molar-refractivity contribution in [3.05, 3.63) is 71.5 Å². The van der Waals surface area contributed by atoms with Crippen LogP contribution in [0, 0.1) is 23.1 Å². The molecule has 1 saturated carbocycles. The molecule has 0 heterocycles. The lowest BCUT2D eigenvalue weighted by Crippen LogP contribution is -2.40. The van der Waals surface area contributed by atoms with Gasteiger partial charge in [-0.05, 0) is 68.3 Å². The molecule has 0 bridgehead atoms. The van der Waals surface area contributed by atoms with E-state index in [4.69, 9.17) is 0 Å². The van der Waals surface area contributed by atoms with Gasteiger partial charge in [-0.15, -0.1) is 0 Å². The highest BCUT2D eigenvalue weighted by molar-refractivity contribution is 5.35. The number of nitriles is 1. The first-order valence-corrected chi connectivity index (χ1v) is 10.5. The Bertz CT molecular complexity index is 776. The second-order valence-corrected chi connectivity index (χ2v) is 8.22. The van der Waals surface area contributed by atoms with Crippen LogP contribution in [0.25, 0.3) is 0 Å². The maximum absolute atomic E-state index is 13.5. The van der Waals surface area contributed by atoms with Gasteiger partial charge < -0.3 is 0 Å². The molecule has 0 amide bonds. The maximum Gasteiger partial charge on any atom is 0.123 e. The average Bonchev–Trinajstić information content (AvgIpc) is 2.67. The van der Waals surface area contributed by atoms with Crippen LogP contribution in [0.2, 0.25) is 0 Å². The van der Waals surface area contributed by atoms with E-state index in [2.05, 4.69) is 49.2 Å². The maximum atomic E-state index is 13.5. The van der Waals surface area contributed by atoms with Crippen molar-refractivity contribution in [1.29, 1.82) is 5.26 Å². The lowest BCUT2D eigenvalue weighted by molar-refractivity contribution is 0.161. The summed E-state index contributed by atoms with van der Waals surface area (Å²) >= 11 is 0. The summed E-state index contributed by atoms with van der Waals surface area (Å²) in [6.45, 7) is 3.14. The second kappa shape index (κ2) is 9.34. The van der Waals surface area contributed by atoms with E-state index in [1.165, 1.54) is 24.1 Å². The Morgan fingerprint density at radius 1 is 1.14 bits per heavy atom. The molecule has 148 valence electrons. The summed E-state index contributed by atoms with van der Waals surface area (Å²) in [6, 6.07) is 20.3. The Hall–Kier alpha value is -2.18. The minimum absolute atomic E-state index is 0.238. The van der Waals surface area contributed by atoms with Gasteiger partial charge in [0.2, 0.25) is 0 Å². The molecule has 2 unspecified atom stereocenters. The first-order valence-electron chi connectivity index (χ1n) is 10.5. The normalized spacial score (nSPS) is 17.5. The van der Waals surface area contributed by atoms with Crippen LogP contribution in [-0.4, -0.2) is 18.0 Å². The first kappa shape index (κ1) is 20.6. The van der Waals surface area contributed by atoms with Gasteiger partial charge in [0.15, 0.2) is 0 Å². The Morgan fingerprint density at radius 2 is 1.82 bits per heavy atom. The summed E-state index contributed by atoms with van der Waals surface area (Å²) in [5, 5.41) is 10.2. The van der Waals surface area contributed by atoms with E-state index in [0.717, 1.165) is 44.2 Å². The van der Waals surface area contributed by atoms with E-state index < -0.39 is 5.41 Å². The van der Waals surface area contributed by atoms with Crippen LogP contribution in [0.1, 0.15) is 56.6 Å². The van der Waals surface area contributed by atoms with E-state index in [-0.39, 0.29) is 5.82 Å². The minimum Gasteiger partial charge on any atom is -0.299 e. The number of hydrogen-bond acceptors (Lipinski definition) is 2. The summed E-state index contributed by atoms with van der Waals surface area (Å²) in [5.41, 5.74) is 1.81. The highest BCUT2D eigenvalue weighted by Gasteiger charge is 2.43. The lowest BCUT2D eigenvalue weighted by Gasteiger charge is -2.42. The molecule has 2 nitrogen and oxygen atoms in total. The second-order valence-electron chi connectivity index (χ2n) is 8.22. The molecular formula is C25H31FN2. The minimum atomic E-state index is -0.493. The largest absolute Gasteiger partial charge is 0.299 e. The van der Waals surface area contributed by atoms with Gasteiger partial charge in [-0.3, -0.25) is 4.90 Å². The van der Waals surface area contributed by atoms with Crippen molar-refractivity contribution >= 4 is 0 Å². The zero-order valence-electron chi connectivity index (χ0n) is 17.1. The fourth-order valence-corrected chi connectivity index (χ4v) is 4.58. The molecule has 2 atom stereocenters. The van der Waals surface area contributed by atoms with Crippen molar-refractivity contribution in [3.63, 3.8) is 0 Å². The van der Waals surface area contributed by atoms with Crippen molar-refractivity contribution in [2.24, 2.45) is 5.92 Å². The average molecular weight is 379 g/mol. The molecule has 0 saturated heterocycles. The molecule has 0 aromatic heterocycles. The smallest absolute Gasteiger partial charge is 0.123 e. The van der Waals surface area contributed by atoms with Crippen LogP contribution in [0.15, 0.2) is 54.6 Å². The molecule has 0 radical (unpaired) electrons. The van der Waals surface area contributed by atoms with E-state index in [0.29, 0.717) is 12.0 Å². The van der Waals surface area contributed by atoms with Crippen LogP contribution in [-0.2, 0) is 12.0 Å². The van der Waals surface area contributed by atoms with Gasteiger partial charge in [0.1, 0.15) is 5.82 Å². The summed E-state index contributed by atoms with van der Waals surface area (Å²) in [4.78, 5) is 2.41. The topological polar surface area (TPSA) is 27.0 Å². The quantitative estimate of drug-likeness (QED) is 0.529. The Morgan fingerprint density at radius 3 is 2.36 bits per heavy atom. The molecule has 1 fully saturated rings. The van der Waals surface area contributed by atoms with Crippen LogP contribution >= 0.6 is 0 Å². The summed E-state index contributed by atoms with van der Waals surface area (Å²) in [6.07, 6.45) is 6.25. The molecule has 0 N–H and O–H groups in total. The van der Waals surface area contributed by atoms with Crippen LogP contribution < -0.4 is 0 Å². The van der Waals surface area contributed by atoms with Crippen molar-refractivity contribution in [3.8, 4) is 6.07 Å². The number of rotatable bonds is 9. The number of halogens is 1. The van der Waals surface area contributed by atoms with Gasteiger partial charge in [-0.1, -0.05) is 55.8 Å². The molecule has 2 aromatic rings. The van der Waals surface area contributed by atoms with Crippen molar-refractivity contribution in [2.75, 3.05) is 7.05 Å². The van der Waals surface area contributed by atoms with Crippen molar-refractivity contribution < 1.29 is 4.39 Å².